The molecule has 104 valence electrons. The van der Waals surface area contributed by atoms with Crippen LogP contribution in [0.15, 0.2) is 47.8 Å². The summed E-state index contributed by atoms with van der Waals surface area (Å²) in [6.07, 6.45) is 0.951. The zero-order chi connectivity index (χ0) is 14.2. The Kier molecular flexibility index (Phi) is 2.97. The van der Waals surface area contributed by atoms with Crippen molar-refractivity contribution < 1.29 is 4.79 Å². The summed E-state index contributed by atoms with van der Waals surface area (Å²) in [5.41, 5.74) is 2.68. The van der Waals surface area contributed by atoms with E-state index >= 15 is 0 Å². The molecule has 1 aliphatic rings. The van der Waals surface area contributed by atoms with Gasteiger partial charge in [0.2, 0.25) is 0 Å². The predicted molar refractivity (Wildman–Crippen MR) is 84.5 cm³/mol. The molecule has 4 heteroatoms. The number of benzene rings is 1. The van der Waals surface area contributed by atoms with Crippen LogP contribution in [0.3, 0.4) is 0 Å². The number of rotatable bonds is 1. The van der Waals surface area contributed by atoms with Gasteiger partial charge in [-0.05, 0) is 35.6 Å². The van der Waals surface area contributed by atoms with Gasteiger partial charge in [0.25, 0.3) is 5.91 Å². The largest absolute Gasteiger partial charge is 0.333 e. The third-order valence-electron chi connectivity index (χ3n) is 3.91. The van der Waals surface area contributed by atoms with E-state index in [-0.39, 0.29) is 5.91 Å². The quantitative estimate of drug-likeness (QED) is 0.688. The summed E-state index contributed by atoms with van der Waals surface area (Å²) in [7, 11) is 0. The molecule has 4 rings (SSSR count). The van der Waals surface area contributed by atoms with Crippen molar-refractivity contribution in [3.63, 3.8) is 0 Å². The summed E-state index contributed by atoms with van der Waals surface area (Å²) in [6, 6.07) is 13.8. The number of carbonyl (C=O) groups is 1. The van der Waals surface area contributed by atoms with Gasteiger partial charge in [0.15, 0.2) is 0 Å². The van der Waals surface area contributed by atoms with Crippen molar-refractivity contribution in [3.8, 4) is 0 Å². The highest BCUT2D eigenvalue weighted by Crippen LogP contribution is 2.25. The Labute approximate surface area is 126 Å². The summed E-state index contributed by atoms with van der Waals surface area (Å²) in [4.78, 5) is 20.5. The number of amides is 1. The molecule has 21 heavy (non-hydrogen) atoms. The van der Waals surface area contributed by atoms with Gasteiger partial charge in [0, 0.05) is 23.4 Å². The van der Waals surface area contributed by atoms with Gasteiger partial charge in [-0.1, -0.05) is 24.3 Å². The van der Waals surface area contributed by atoms with Crippen LogP contribution in [0.4, 0.5) is 0 Å². The lowest BCUT2D eigenvalue weighted by Gasteiger charge is -2.26. The fraction of sp³-hybridized carbons (Fsp3) is 0.176. The smallest absolute Gasteiger partial charge is 0.272 e. The van der Waals surface area contributed by atoms with Crippen LogP contribution in [0.25, 0.3) is 10.9 Å². The zero-order valence-corrected chi connectivity index (χ0v) is 12.3. The molecule has 0 fully saturated rings. The monoisotopic (exact) mass is 294 g/mol. The molecule has 3 aromatic rings. The highest BCUT2D eigenvalue weighted by molar-refractivity contribution is 7.10. The van der Waals surface area contributed by atoms with E-state index in [9.17, 15) is 4.79 Å². The summed E-state index contributed by atoms with van der Waals surface area (Å²) in [6.45, 7) is 1.48. The Morgan fingerprint density at radius 3 is 3.00 bits per heavy atom. The number of para-hydroxylation sites is 1. The second-order valence-corrected chi connectivity index (χ2v) is 6.24. The topological polar surface area (TPSA) is 33.2 Å². The maximum atomic E-state index is 12.6. The molecule has 0 saturated heterocycles. The number of carbonyl (C=O) groups excluding carboxylic acids is 1. The number of aromatic nitrogens is 1. The molecule has 0 atom stereocenters. The lowest BCUT2D eigenvalue weighted by molar-refractivity contribution is 0.0730. The molecule has 0 N–H and O–H groups in total. The lowest BCUT2D eigenvalue weighted by atomic mass is 10.1. The van der Waals surface area contributed by atoms with Gasteiger partial charge in [-0.25, -0.2) is 4.98 Å². The Morgan fingerprint density at radius 2 is 2.05 bits per heavy atom. The van der Waals surface area contributed by atoms with Crippen LogP contribution >= 0.6 is 11.3 Å². The van der Waals surface area contributed by atoms with Gasteiger partial charge in [-0.3, -0.25) is 4.79 Å². The van der Waals surface area contributed by atoms with Crippen molar-refractivity contribution in [1.82, 2.24) is 9.88 Å². The molecule has 3 nitrogen and oxygen atoms in total. The normalized spacial score (nSPS) is 14.2. The van der Waals surface area contributed by atoms with E-state index in [0.717, 1.165) is 23.9 Å². The van der Waals surface area contributed by atoms with Crippen LogP contribution in [-0.2, 0) is 13.0 Å². The summed E-state index contributed by atoms with van der Waals surface area (Å²) < 4.78 is 0. The van der Waals surface area contributed by atoms with Gasteiger partial charge in [-0.15, -0.1) is 11.3 Å². The molecule has 0 spiro atoms. The second kappa shape index (κ2) is 4.97. The van der Waals surface area contributed by atoms with E-state index in [1.54, 1.807) is 11.3 Å². The first-order valence-electron chi connectivity index (χ1n) is 7.01. The third kappa shape index (κ3) is 2.21. The van der Waals surface area contributed by atoms with Crippen molar-refractivity contribution in [2.24, 2.45) is 0 Å². The van der Waals surface area contributed by atoms with Crippen molar-refractivity contribution in [2.75, 3.05) is 6.54 Å². The van der Waals surface area contributed by atoms with E-state index in [1.165, 1.54) is 10.4 Å². The van der Waals surface area contributed by atoms with Crippen LogP contribution in [0.1, 0.15) is 20.9 Å². The molecule has 1 aromatic carbocycles. The molecular formula is C17H14N2OS. The molecule has 0 radical (unpaired) electrons. The van der Waals surface area contributed by atoms with E-state index in [2.05, 4.69) is 16.4 Å². The van der Waals surface area contributed by atoms with Gasteiger partial charge in [-0.2, -0.15) is 0 Å². The van der Waals surface area contributed by atoms with Gasteiger partial charge in [0.05, 0.1) is 5.52 Å². The molecule has 1 amide bonds. The fourth-order valence-corrected chi connectivity index (χ4v) is 3.66. The van der Waals surface area contributed by atoms with Crippen molar-refractivity contribution in [3.05, 3.63) is 64.0 Å². The molecular weight excluding hydrogens is 280 g/mol. The molecule has 1 aliphatic heterocycles. The van der Waals surface area contributed by atoms with Crippen LogP contribution in [0.5, 0.6) is 0 Å². The SMILES string of the molecule is O=C(c1ccc2ccccc2n1)N1CCc2sccc2C1. The van der Waals surface area contributed by atoms with Crippen LogP contribution in [0, 0.1) is 0 Å². The summed E-state index contributed by atoms with van der Waals surface area (Å²) >= 11 is 1.78. The number of thiophene rings is 1. The van der Waals surface area contributed by atoms with Crippen molar-refractivity contribution in [2.45, 2.75) is 13.0 Å². The molecule has 3 heterocycles. The van der Waals surface area contributed by atoms with Gasteiger partial charge in [0.1, 0.15) is 5.69 Å². The number of hydrogen-bond donors (Lipinski definition) is 0. The van der Waals surface area contributed by atoms with Gasteiger partial charge >= 0.3 is 0 Å². The van der Waals surface area contributed by atoms with E-state index in [1.807, 2.05) is 41.3 Å². The maximum Gasteiger partial charge on any atom is 0.272 e. The van der Waals surface area contributed by atoms with E-state index in [0.29, 0.717) is 12.2 Å². The van der Waals surface area contributed by atoms with E-state index < -0.39 is 0 Å². The highest BCUT2D eigenvalue weighted by Gasteiger charge is 2.23. The maximum absolute atomic E-state index is 12.6. The van der Waals surface area contributed by atoms with Crippen molar-refractivity contribution in [1.29, 1.82) is 0 Å². The first kappa shape index (κ1) is 12.5. The average Bonchev–Trinajstić information content (AvgIpc) is 3.01. The number of fused-ring (bicyclic) bond motifs is 2. The summed E-state index contributed by atoms with van der Waals surface area (Å²) in [5, 5.41) is 3.17. The van der Waals surface area contributed by atoms with Crippen LogP contribution in [0.2, 0.25) is 0 Å². The molecule has 0 bridgehead atoms. The summed E-state index contributed by atoms with van der Waals surface area (Å²) in [5.74, 6) is 0.0256. The Hall–Kier alpha value is -2.20. The first-order chi connectivity index (χ1) is 10.3. The van der Waals surface area contributed by atoms with Crippen LogP contribution < -0.4 is 0 Å². The minimum Gasteiger partial charge on any atom is -0.333 e. The Morgan fingerprint density at radius 1 is 1.14 bits per heavy atom. The molecule has 2 aromatic heterocycles. The lowest BCUT2D eigenvalue weighted by Crippen LogP contribution is -2.35. The number of hydrogen-bond acceptors (Lipinski definition) is 3. The minimum absolute atomic E-state index is 0.0256. The van der Waals surface area contributed by atoms with Crippen LogP contribution in [-0.4, -0.2) is 22.3 Å². The average molecular weight is 294 g/mol. The fourth-order valence-electron chi connectivity index (χ4n) is 2.77. The van der Waals surface area contributed by atoms with Crippen molar-refractivity contribution >= 4 is 28.1 Å². The van der Waals surface area contributed by atoms with Gasteiger partial charge < -0.3 is 4.90 Å². The Bertz CT molecular complexity index is 824. The molecule has 0 saturated carbocycles. The predicted octanol–water partition coefficient (Wildman–Crippen LogP) is 3.49. The molecule has 0 unspecified atom stereocenters. The second-order valence-electron chi connectivity index (χ2n) is 5.23. The minimum atomic E-state index is 0.0256. The molecule has 0 aliphatic carbocycles. The highest BCUT2D eigenvalue weighted by atomic mass is 32.1. The number of pyridine rings is 1. The van der Waals surface area contributed by atoms with E-state index in [4.69, 9.17) is 0 Å². The standard InChI is InChI=1S/C17H14N2OS/c20-17(19-9-7-16-13(11-19)8-10-21-16)15-6-5-12-3-1-2-4-14(12)18-15/h1-6,8,10H,7,9,11H2. The number of nitrogens with zero attached hydrogens (tertiary/aromatic N) is 2. The first-order valence-corrected chi connectivity index (χ1v) is 7.89. The third-order valence-corrected chi connectivity index (χ3v) is 4.94. The zero-order valence-electron chi connectivity index (χ0n) is 11.5. The Balaban J connectivity index is 1.64.